The molecule has 0 radical (unpaired) electrons. The van der Waals surface area contributed by atoms with Crippen molar-refractivity contribution in [1.82, 2.24) is 9.55 Å². The molecule has 2 aromatic heterocycles. The van der Waals surface area contributed by atoms with Gasteiger partial charge in [-0.1, -0.05) is 95.4 Å². The van der Waals surface area contributed by atoms with E-state index in [1.165, 1.54) is 33.2 Å². The summed E-state index contributed by atoms with van der Waals surface area (Å²) in [6, 6.07) is 45.3. The second kappa shape index (κ2) is 14.6. The van der Waals surface area contributed by atoms with Gasteiger partial charge in [-0.2, -0.15) is 12.1 Å². The number of aromatic nitrogens is 2. The first-order chi connectivity index (χ1) is 24.9. The van der Waals surface area contributed by atoms with Crippen LogP contribution in [0.3, 0.4) is 0 Å². The molecule has 7 aromatic rings. The van der Waals surface area contributed by atoms with Crippen LogP contribution in [0.2, 0.25) is 0 Å². The van der Waals surface area contributed by atoms with Crippen LogP contribution in [0, 0.1) is 18.8 Å². The standard InChI is InChI=1S/C46H43N4O.Pt/c1-6-15-32-24-27-42-45(36(32)16-7-2)37-26-25-35(30-43(37)50(42)44-23-12-13-28-47-44)51-34-18-14-17-33(29-34)48-31-49(41-22-11-10-21-40(41)48)39-20-9-8-19-38(39)46(3,4)5;/h8-14,17-28,31H,6-7,15-16H2,1-5H3;/q-3;. The summed E-state index contributed by atoms with van der Waals surface area (Å²) in [5.74, 6) is 2.12. The van der Waals surface area contributed by atoms with Crippen LogP contribution in [-0.4, -0.2) is 9.55 Å². The van der Waals surface area contributed by atoms with E-state index in [-0.39, 0.29) is 26.5 Å². The zero-order valence-electron chi connectivity index (χ0n) is 30.4. The number of hydrogen-bond acceptors (Lipinski definition) is 4. The first-order valence-electron chi connectivity index (χ1n) is 18.1. The molecule has 6 heteroatoms. The van der Waals surface area contributed by atoms with Crippen molar-refractivity contribution in [3.05, 3.63) is 151 Å². The van der Waals surface area contributed by atoms with Crippen molar-refractivity contribution in [2.75, 3.05) is 9.80 Å². The number of ether oxygens (including phenoxy) is 1. The number of anilines is 4. The minimum atomic E-state index is -0.0120. The SMILES string of the molecule is CCCc1ccc2c(c1CCC)c1ccc(Oc3[c-]c(N4[CH-]N(c5ccccc5C(C)(C)C)c5ccccc54)ccc3)[c-]c1n2-c1ccccn1.[Pt]. The Bertz CT molecular complexity index is 2360. The first kappa shape index (κ1) is 35.5. The van der Waals surface area contributed by atoms with Crippen LogP contribution in [0.25, 0.3) is 27.6 Å². The Morgan fingerprint density at radius 1 is 0.692 bits per heavy atom. The van der Waals surface area contributed by atoms with Crippen molar-refractivity contribution in [2.24, 2.45) is 0 Å². The fraction of sp³-hybridized carbons (Fsp3) is 0.217. The van der Waals surface area contributed by atoms with Crippen LogP contribution in [0.1, 0.15) is 64.2 Å². The molecule has 0 unspecified atom stereocenters. The molecule has 5 nitrogen and oxygen atoms in total. The van der Waals surface area contributed by atoms with Gasteiger partial charge in [0.25, 0.3) is 0 Å². The monoisotopic (exact) mass is 862 g/mol. The van der Waals surface area contributed by atoms with Gasteiger partial charge in [0.1, 0.15) is 5.82 Å². The largest absolute Gasteiger partial charge is 0.509 e. The number of nitrogens with zero attached hydrogens (tertiary/aromatic N) is 4. The predicted octanol–water partition coefficient (Wildman–Crippen LogP) is 12.2. The third-order valence-electron chi connectivity index (χ3n) is 9.75. The molecular weight excluding hydrogens is 820 g/mol. The van der Waals surface area contributed by atoms with E-state index in [9.17, 15) is 0 Å². The summed E-state index contributed by atoms with van der Waals surface area (Å²) >= 11 is 0. The number of para-hydroxylation sites is 3. The van der Waals surface area contributed by atoms with Gasteiger partial charge >= 0.3 is 0 Å². The summed E-state index contributed by atoms with van der Waals surface area (Å²) in [6.45, 7) is 13.5. The molecule has 0 bridgehead atoms. The van der Waals surface area contributed by atoms with E-state index < -0.39 is 0 Å². The van der Waals surface area contributed by atoms with Crippen LogP contribution in [0.5, 0.6) is 11.5 Å². The molecule has 0 amide bonds. The molecular formula is C46H43N4OPt-3. The Kier molecular flexibility index (Phi) is 10.0. The normalized spacial score (nSPS) is 12.7. The van der Waals surface area contributed by atoms with Gasteiger partial charge in [0, 0.05) is 61.3 Å². The maximum atomic E-state index is 6.58. The number of fused-ring (bicyclic) bond motifs is 4. The minimum absolute atomic E-state index is 0. The molecule has 8 rings (SSSR count). The van der Waals surface area contributed by atoms with Gasteiger partial charge in [-0.15, -0.1) is 48.1 Å². The van der Waals surface area contributed by atoms with Gasteiger partial charge in [-0.25, -0.2) is 4.98 Å². The average Bonchev–Trinajstić information content (AvgIpc) is 3.69. The Morgan fingerprint density at radius 3 is 2.13 bits per heavy atom. The van der Waals surface area contributed by atoms with E-state index in [0.717, 1.165) is 59.6 Å². The third kappa shape index (κ3) is 6.41. The molecule has 0 saturated carbocycles. The van der Waals surface area contributed by atoms with Gasteiger partial charge in [-0.3, -0.25) is 0 Å². The van der Waals surface area contributed by atoms with Gasteiger partial charge < -0.3 is 19.1 Å². The molecule has 266 valence electrons. The van der Waals surface area contributed by atoms with Crippen LogP contribution in [0.15, 0.2) is 115 Å². The number of pyridine rings is 1. The summed E-state index contributed by atoms with van der Waals surface area (Å²) in [6.07, 6.45) is 6.15. The topological polar surface area (TPSA) is 33.5 Å². The molecule has 0 fully saturated rings. The first-order valence-corrected chi connectivity index (χ1v) is 18.1. The Balaban J connectivity index is 0.00000420. The minimum Gasteiger partial charge on any atom is -0.509 e. The second-order valence-electron chi connectivity index (χ2n) is 14.3. The molecule has 0 saturated heterocycles. The molecule has 3 heterocycles. The number of aryl methyl sites for hydroxylation is 2. The van der Waals surface area contributed by atoms with Gasteiger partial charge in [0.15, 0.2) is 0 Å². The van der Waals surface area contributed by atoms with E-state index in [1.807, 2.05) is 36.5 Å². The van der Waals surface area contributed by atoms with E-state index in [4.69, 9.17) is 9.72 Å². The predicted molar refractivity (Wildman–Crippen MR) is 211 cm³/mol. The second-order valence-corrected chi connectivity index (χ2v) is 14.3. The summed E-state index contributed by atoms with van der Waals surface area (Å²) in [5, 5.41) is 2.46. The van der Waals surface area contributed by atoms with Crippen molar-refractivity contribution in [1.29, 1.82) is 0 Å². The van der Waals surface area contributed by atoms with Crippen LogP contribution >= 0.6 is 0 Å². The molecule has 0 N–H and O–H groups in total. The number of hydrogen-bond donors (Lipinski definition) is 0. The molecule has 0 aliphatic carbocycles. The van der Waals surface area contributed by atoms with Gasteiger partial charge in [0.05, 0.1) is 0 Å². The molecule has 0 atom stereocenters. The molecule has 1 aliphatic rings. The van der Waals surface area contributed by atoms with E-state index in [0.29, 0.717) is 11.5 Å². The fourth-order valence-corrected chi connectivity index (χ4v) is 7.52. The fourth-order valence-electron chi connectivity index (χ4n) is 7.52. The van der Waals surface area contributed by atoms with E-state index >= 15 is 0 Å². The van der Waals surface area contributed by atoms with Gasteiger partial charge in [0.2, 0.25) is 0 Å². The Hall–Kier alpha value is -4.86. The van der Waals surface area contributed by atoms with Crippen molar-refractivity contribution >= 4 is 44.6 Å². The summed E-state index contributed by atoms with van der Waals surface area (Å²) in [7, 11) is 0. The van der Waals surface area contributed by atoms with Crippen molar-refractivity contribution in [3.63, 3.8) is 0 Å². The van der Waals surface area contributed by atoms with Crippen molar-refractivity contribution < 1.29 is 25.8 Å². The summed E-state index contributed by atoms with van der Waals surface area (Å²) in [4.78, 5) is 9.25. The molecule has 1 aliphatic heterocycles. The van der Waals surface area contributed by atoms with Crippen LogP contribution < -0.4 is 14.5 Å². The Morgan fingerprint density at radius 2 is 1.40 bits per heavy atom. The Labute approximate surface area is 322 Å². The smallest absolute Gasteiger partial charge is 0.135 e. The average molecular weight is 863 g/mol. The van der Waals surface area contributed by atoms with Crippen LogP contribution in [-0.2, 0) is 39.3 Å². The number of benzene rings is 5. The maximum Gasteiger partial charge on any atom is 0.135 e. The number of rotatable bonds is 9. The van der Waals surface area contributed by atoms with Gasteiger partial charge in [-0.05, 0) is 76.7 Å². The quantitative estimate of drug-likeness (QED) is 0.135. The van der Waals surface area contributed by atoms with Crippen LogP contribution in [0.4, 0.5) is 22.7 Å². The van der Waals surface area contributed by atoms with E-state index in [2.05, 4.69) is 147 Å². The maximum absolute atomic E-state index is 6.58. The zero-order chi connectivity index (χ0) is 35.1. The molecule has 52 heavy (non-hydrogen) atoms. The van der Waals surface area contributed by atoms with Crippen molar-refractivity contribution in [3.8, 4) is 17.3 Å². The summed E-state index contributed by atoms with van der Waals surface area (Å²) < 4.78 is 8.81. The zero-order valence-corrected chi connectivity index (χ0v) is 32.7. The molecule has 0 spiro atoms. The van der Waals surface area contributed by atoms with E-state index in [1.54, 1.807) is 0 Å². The van der Waals surface area contributed by atoms with Crippen molar-refractivity contribution in [2.45, 2.75) is 65.7 Å². The molecule has 5 aromatic carbocycles. The third-order valence-corrected chi connectivity index (χ3v) is 9.75. The summed E-state index contributed by atoms with van der Waals surface area (Å²) in [5.41, 5.74) is 10.5.